The fraction of sp³-hybridized carbons (Fsp3) is 0.211. The van der Waals surface area contributed by atoms with Crippen molar-refractivity contribution in [1.29, 1.82) is 0 Å². The predicted octanol–water partition coefficient (Wildman–Crippen LogP) is 3.58. The van der Waals surface area contributed by atoms with E-state index in [0.29, 0.717) is 16.6 Å². The van der Waals surface area contributed by atoms with Crippen LogP contribution in [0.3, 0.4) is 0 Å². The first-order valence-electron chi connectivity index (χ1n) is 7.87. The van der Waals surface area contributed by atoms with Crippen molar-refractivity contribution in [3.05, 3.63) is 58.3 Å². The van der Waals surface area contributed by atoms with Crippen molar-refractivity contribution >= 4 is 32.7 Å². The van der Waals surface area contributed by atoms with Crippen molar-refractivity contribution < 1.29 is 18.7 Å². The molecule has 0 aliphatic carbocycles. The van der Waals surface area contributed by atoms with E-state index in [1.807, 2.05) is 0 Å². The second kappa shape index (κ2) is 7.96. The Hall–Kier alpha value is -2.60. The van der Waals surface area contributed by atoms with Gasteiger partial charge in [-0.15, -0.1) is 0 Å². The van der Waals surface area contributed by atoms with Crippen LogP contribution in [0.15, 0.2) is 41.4 Å². The Bertz CT molecular complexity index is 1060. The highest BCUT2D eigenvalue weighted by atomic mass is 79.9. The maximum Gasteiger partial charge on any atom is 0.238 e. The van der Waals surface area contributed by atoms with Crippen molar-refractivity contribution in [2.24, 2.45) is 0 Å². The summed E-state index contributed by atoms with van der Waals surface area (Å²) in [5.74, 6) is 4.27. The molecule has 8 heteroatoms. The summed E-state index contributed by atoms with van der Waals surface area (Å²) in [7, 11) is 1.44. The molecule has 1 N–H and O–H groups in total. The Balaban J connectivity index is 1.99. The number of nitrogens with one attached hydrogen (secondary N) is 1. The second-order valence-electron chi connectivity index (χ2n) is 5.77. The minimum absolute atomic E-state index is 0.120. The number of hydrogen-bond acceptors (Lipinski definition) is 5. The number of rotatable bonds is 5. The summed E-state index contributed by atoms with van der Waals surface area (Å²) in [4.78, 5) is 23.5. The summed E-state index contributed by atoms with van der Waals surface area (Å²) >= 11 is 3.33. The number of nitrogens with zero attached hydrogens (tertiary/aromatic N) is 2. The molecule has 1 atom stereocenters. The van der Waals surface area contributed by atoms with Gasteiger partial charge in [-0.25, -0.2) is 9.37 Å². The van der Waals surface area contributed by atoms with Gasteiger partial charge < -0.3 is 14.5 Å². The van der Waals surface area contributed by atoms with Crippen LogP contribution in [0.25, 0.3) is 11.0 Å². The van der Waals surface area contributed by atoms with E-state index >= 15 is 0 Å². The number of carbonyl (C=O) groups is 1. The molecule has 6 nitrogen and oxygen atoms in total. The molecule has 0 aromatic carbocycles. The molecule has 0 fully saturated rings. The van der Waals surface area contributed by atoms with Crippen molar-refractivity contribution in [2.75, 3.05) is 13.9 Å². The lowest BCUT2D eigenvalue weighted by molar-refractivity contribution is -0.100. The van der Waals surface area contributed by atoms with E-state index in [9.17, 15) is 9.18 Å². The van der Waals surface area contributed by atoms with Crippen LogP contribution >= 0.6 is 15.9 Å². The van der Waals surface area contributed by atoms with E-state index in [1.54, 1.807) is 25.4 Å². The van der Waals surface area contributed by atoms with Crippen molar-refractivity contribution in [2.45, 2.75) is 12.5 Å². The molecule has 3 aromatic heterocycles. The molecule has 0 saturated heterocycles. The van der Waals surface area contributed by atoms with Gasteiger partial charge in [0, 0.05) is 41.1 Å². The summed E-state index contributed by atoms with van der Waals surface area (Å²) in [6.07, 6.45) is 5.66. The maximum absolute atomic E-state index is 14.2. The fourth-order valence-electron chi connectivity index (χ4n) is 2.53. The Morgan fingerprint density at radius 1 is 1.44 bits per heavy atom. The van der Waals surface area contributed by atoms with E-state index in [-0.39, 0.29) is 12.4 Å². The molecule has 0 amide bonds. The SMILES string of the molecule is COCOC(C)(C#CC(=O)c1c[nH]c2ncc(Br)cc12)c1ccncc1F. The van der Waals surface area contributed by atoms with E-state index < -0.39 is 17.2 Å². The van der Waals surface area contributed by atoms with Crippen LogP contribution in [-0.4, -0.2) is 34.6 Å². The maximum atomic E-state index is 14.2. The number of halogens is 2. The van der Waals surface area contributed by atoms with Gasteiger partial charge in [0.25, 0.3) is 0 Å². The van der Waals surface area contributed by atoms with Crippen LogP contribution in [0, 0.1) is 17.7 Å². The highest BCUT2D eigenvalue weighted by molar-refractivity contribution is 9.10. The molecule has 0 aliphatic rings. The topological polar surface area (TPSA) is 77.1 Å². The fourth-order valence-corrected chi connectivity index (χ4v) is 2.86. The normalized spacial score (nSPS) is 13.0. The average molecular weight is 432 g/mol. The number of carbonyl (C=O) groups excluding carboxylic acids is 1. The van der Waals surface area contributed by atoms with Gasteiger partial charge in [0.15, 0.2) is 5.60 Å². The summed E-state index contributed by atoms with van der Waals surface area (Å²) in [6, 6.07) is 3.23. The molecule has 3 aromatic rings. The van der Waals surface area contributed by atoms with E-state index in [4.69, 9.17) is 9.47 Å². The van der Waals surface area contributed by atoms with Crippen LogP contribution in [0.4, 0.5) is 4.39 Å². The van der Waals surface area contributed by atoms with Crippen LogP contribution in [0.1, 0.15) is 22.8 Å². The number of hydrogen-bond donors (Lipinski definition) is 1. The molecule has 0 aliphatic heterocycles. The lowest BCUT2D eigenvalue weighted by atomic mass is 9.96. The Kier molecular flexibility index (Phi) is 5.65. The molecule has 1 unspecified atom stereocenters. The first kappa shape index (κ1) is 19.2. The molecule has 0 saturated carbocycles. The minimum atomic E-state index is -1.39. The molecule has 27 heavy (non-hydrogen) atoms. The standard InChI is InChI=1S/C19H15BrFN3O3/c1-19(27-11-26-2,15-4-6-22-10-16(15)21)5-3-17(25)14-9-24-18-13(14)7-12(20)8-23-18/h4,6-10H,11H2,1-2H3,(H,23,24). The van der Waals surface area contributed by atoms with Crippen LogP contribution in [0.2, 0.25) is 0 Å². The third-order valence-electron chi connectivity index (χ3n) is 3.91. The first-order chi connectivity index (χ1) is 12.9. The molecular weight excluding hydrogens is 417 g/mol. The largest absolute Gasteiger partial charge is 0.359 e. The predicted molar refractivity (Wildman–Crippen MR) is 100 cm³/mol. The van der Waals surface area contributed by atoms with Gasteiger partial charge in [-0.05, 0) is 40.9 Å². The molecule has 3 heterocycles. The monoisotopic (exact) mass is 431 g/mol. The Morgan fingerprint density at radius 3 is 3.00 bits per heavy atom. The highest BCUT2D eigenvalue weighted by Crippen LogP contribution is 2.27. The number of ketones is 1. The minimum Gasteiger partial charge on any atom is -0.359 e. The van der Waals surface area contributed by atoms with Gasteiger partial charge >= 0.3 is 0 Å². The van der Waals surface area contributed by atoms with Gasteiger partial charge in [0.05, 0.1) is 11.8 Å². The lowest BCUT2D eigenvalue weighted by Gasteiger charge is -2.24. The molecule has 138 valence electrons. The summed E-state index contributed by atoms with van der Waals surface area (Å²) in [6.45, 7) is 1.45. The van der Waals surface area contributed by atoms with Gasteiger partial charge in [-0.2, -0.15) is 0 Å². The van der Waals surface area contributed by atoms with Crippen LogP contribution in [-0.2, 0) is 15.1 Å². The number of aromatic nitrogens is 3. The number of ether oxygens (including phenoxy) is 2. The second-order valence-corrected chi connectivity index (χ2v) is 6.69. The van der Waals surface area contributed by atoms with Gasteiger partial charge in [0.2, 0.25) is 5.78 Å². The van der Waals surface area contributed by atoms with Gasteiger partial charge in [0.1, 0.15) is 18.3 Å². The zero-order chi connectivity index (χ0) is 19.4. The zero-order valence-electron chi connectivity index (χ0n) is 14.5. The average Bonchev–Trinajstić information content (AvgIpc) is 3.08. The van der Waals surface area contributed by atoms with Crippen molar-refractivity contribution in [3.8, 4) is 11.8 Å². The van der Waals surface area contributed by atoms with Crippen LogP contribution < -0.4 is 0 Å². The van der Waals surface area contributed by atoms with E-state index in [2.05, 4.69) is 42.7 Å². The third-order valence-corrected chi connectivity index (χ3v) is 4.34. The van der Waals surface area contributed by atoms with E-state index in [0.717, 1.165) is 10.7 Å². The van der Waals surface area contributed by atoms with Crippen LogP contribution in [0.5, 0.6) is 0 Å². The van der Waals surface area contributed by atoms with Gasteiger partial charge in [-0.3, -0.25) is 9.78 Å². The van der Waals surface area contributed by atoms with Gasteiger partial charge in [-0.1, -0.05) is 5.92 Å². The third kappa shape index (κ3) is 4.06. The Morgan fingerprint density at radius 2 is 2.26 bits per heavy atom. The molecule has 0 radical (unpaired) electrons. The molecule has 3 rings (SSSR count). The van der Waals surface area contributed by atoms with Crippen molar-refractivity contribution in [1.82, 2.24) is 15.0 Å². The summed E-state index contributed by atoms with van der Waals surface area (Å²) < 4.78 is 25.4. The molecular formula is C19H15BrFN3O3. The summed E-state index contributed by atoms with van der Waals surface area (Å²) in [5.41, 5.74) is -0.278. The number of fused-ring (bicyclic) bond motifs is 1. The number of pyridine rings is 2. The Labute approximate surface area is 163 Å². The highest BCUT2D eigenvalue weighted by Gasteiger charge is 2.29. The van der Waals surface area contributed by atoms with E-state index in [1.165, 1.54) is 19.4 Å². The number of aromatic amines is 1. The quantitative estimate of drug-likeness (QED) is 0.289. The number of methoxy groups -OCH3 is 1. The number of Topliss-reactive ketones (excluding diaryl/α,β-unsaturated/α-hetero) is 1. The first-order valence-corrected chi connectivity index (χ1v) is 8.67. The lowest BCUT2D eigenvalue weighted by Crippen LogP contribution is -2.27. The smallest absolute Gasteiger partial charge is 0.238 e. The number of H-pyrrole nitrogens is 1. The summed E-state index contributed by atoms with van der Waals surface area (Å²) in [5, 5.41) is 0.637. The van der Waals surface area contributed by atoms with Crippen molar-refractivity contribution in [3.63, 3.8) is 0 Å². The zero-order valence-corrected chi connectivity index (χ0v) is 16.1. The molecule has 0 spiro atoms. The molecule has 0 bridgehead atoms.